The quantitative estimate of drug-likeness (QED) is 0.696. The van der Waals surface area contributed by atoms with E-state index in [-0.39, 0.29) is 18.0 Å². The Kier molecular flexibility index (Phi) is 3.64. The molecule has 3 aromatic rings. The molecule has 1 amide bonds. The van der Waals surface area contributed by atoms with Crippen molar-refractivity contribution in [3.05, 3.63) is 39.8 Å². The van der Waals surface area contributed by atoms with Gasteiger partial charge in [-0.2, -0.15) is 0 Å². The molecule has 1 aliphatic rings. The number of hydrogen-bond acceptors (Lipinski definition) is 6. The number of fused-ring (bicyclic) bond motifs is 2. The molecule has 0 saturated heterocycles. The third-order valence-electron chi connectivity index (χ3n) is 4.25. The van der Waals surface area contributed by atoms with E-state index in [4.69, 9.17) is 0 Å². The van der Waals surface area contributed by atoms with E-state index in [1.807, 2.05) is 12.3 Å². The third-order valence-corrected chi connectivity index (χ3v) is 5.08. The zero-order chi connectivity index (χ0) is 16.7. The fraction of sp³-hybridized carbons (Fsp3) is 0.400. The molecule has 0 radical (unpaired) electrons. The SMILES string of the molecule is CCc1nnc2n1CCN(C(=O)Cn1cnc3sccc3c1=O)C2. The first-order valence-electron chi connectivity index (χ1n) is 7.78. The molecule has 1 aliphatic heterocycles. The Morgan fingerprint density at radius 1 is 1.33 bits per heavy atom. The number of carbonyl (C=O) groups is 1. The molecule has 4 heterocycles. The van der Waals surface area contributed by atoms with E-state index >= 15 is 0 Å². The summed E-state index contributed by atoms with van der Waals surface area (Å²) in [5.41, 5.74) is -0.178. The monoisotopic (exact) mass is 344 g/mol. The zero-order valence-electron chi connectivity index (χ0n) is 13.2. The number of hydrogen-bond donors (Lipinski definition) is 0. The molecular formula is C15H16N6O2S. The minimum absolute atomic E-state index is 0.00755. The molecule has 3 aromatic heterocycles. The van der Waals surface area contributed by atoms with Gasteiger partial charge in [0.1, 0.15) is 17.2 Å². The number of aromatic nitrogens is 5. The van der Waals surface area contributed by atoms with Gasteiger partial charge in [-0.05, 0) is 11.4 Å². The lowest BCUT2D eigenvalue weighted by Gasteiger charge is -2.28. The van der Waals surface area contributed by atoms with Gasteiger partial charge in [-0.25, -0.2) is 4.98 Å². The molecule has 4 rings (SSSR count). The van der Waals surface area contributed by atoms with Gasteiger partial charge in [0.2, 0.25) is 5.91 Å². The van der Waals surface area contributed by atoms with Crippen LogP contribution in [0.25, 0.3) is 10.2 Å². The maximum atomic E-state index is 12.6. The van der Waals surface area contributed by atoms with E-state index in [0.29, 0.717) is 29.9 Å². The first-order valence-corrected chi connectivity index (χ1v) is 8.66. The summed E-state index contributed by atoms with van der Waals surface area (Å²) in [4.78, 5) is 31.6. The average Bonchev–Trinajstić information content (AvgIpc) is 3.23. The van der Waals surface area contributed by atoms with Crippen LogP contribution >= 0.6 is 11.3 Å². The third kappa shape index (κ3) is 2.41. The van der Waals surface area contributed by atoms with Crippen molar-refractivity contribution in [3.63, 3.8) is 0 Å². The Bertz CT molecular complexity index is 972. The van der Waals surface area contributed by atoms with Crippen LogP contribution < -0.4 is 5.56 Å². The van der Waals surface area contributed by atoms with E-state index in [2.05, 4.69) is 19.7 Å². The summed E-state index contributed by atoms with van der Waals surface area (Å²) in [6, 6.07) is 1.74. The summed E-state index contributed by atoms with van der Waals surface area (Å²) in [6.07, 6.45) is 2.27. The smallest absolute Gasteiger partial charge is 0.262 e. The molecule has 0 fully saturated rings. The van der Waals surface area contributed by atoms with E-state index in [1.54, 1.807) is 11.0 Å². The van der Waals surface area contributed by atoms with Crippen molar-refractivity contribution in [2.75, 3.05) is 6.54 Å². The summed E-state index contributed by atoms with van der Waals surface area (Å²) in [5, 5.41) is 10.7. The van der Waals surface area contributed by atoms with Crippen molar-refractivity contribution in [2.45, 2.75) is 33.0 Å². The van der Waals surface area contributed by atoms with Crippen LogP contribution in [0.4, 0.5) is 0 Å². The Balaban J connectivity index is 1.54. The first kappa shape index (κ1) is 15.0. The second-order valence-electron chi connectivity index (χ2n) is 5.67. The molecule has 0 bridgehead atoms. The molecule has 24 heavy (non-hydrogen) atoms. The molecular weight excluding hydrogens is 328 g/mol. The predicted molar refractivity (Wildman–Crippen MR) is 88.7 cm³/mol. The van der Waals surface area contributed by atoms with Crippen LogP contribution in [0.5, 0.6) is 0 Å². The molecule has 0 aliphatic carbocycles. The minimum atomic E-state index is -0.178. The van der Waals surface area contributed by atoms with Gasteiger partial charge in [0.25, 0.3) is 5.56 Å². The Labute approximate surface area is 141 Å². The summed E-state index contributed by atoms with van der Waals surface area (Å²) in [5.74, 6) is 1.63. The molecule has 0 N–H and O–H groups in total. The Hall–Kier alpha value is -2.55. The standard InChI is InChI=1S/C15H16N6O2S/c1-2-11-17-18-12-7-19(4-5-21(11)12)13(22)8-20-9-16-14-10(15(20)23)3-6-24-14/h3,6,9H,2,4-5,7-8H2,1H3. The van der Waals surface area contributed by atoms with Crippen LogP contribution in [0, 0.1) is 0 Å². The van der Waals surface area contributed by atoms with Gasteiger partial charge in [0, 0.05) is 19.5 Å². The highest BCUT2D eigenvalue weighted by molar-refractivity contribution is 7.16. The summed E-state index contributed by atoms with van der Waals surface area (Å²) in [6.45, 7) is 3.74. The number of nitrogens with zero attached hydrogens (tertiary/aromatic N) is 6. The lowest BCUT2D eigenvalue weighted by Crippen LogP contribution is -2.41. The summed E-state index contributed by atoms with van der Waals surface area (Å²) < 4.78 is 3.43. The van der Waals surface area contributed by atoms with Crippen LogP contribution in [0.2, 0.25) is 0 Å². The highest BCUT2D eigenvalue weighted by atomic mass is 32.1. The van der Waals surface area contributed by atoms with Gasteiger partial charge in [0.15, 0.2) is 5.82 Å². The molecule has 0 saturated carbocycles. The lowest BCUT2D eigenvalue weighted by molar-refractivity contribution is -0.133. The van der Waals surface area contributed by atoms with E-state index in [9.17, 15) is 9.59 Å². The van der Waals surface area contributed by atoms with Crippen molar-refractivity contribution in [1.82, 2.24) is 29.2 Å². The van der Waals surface area contributed by atoms with Gasteiger partial charge >= 0.3 is 0 Å². The van der Waals surface area contributed by atoms with Crippen molar-refractivity contribution in [1.29, 1.82) is 0 Å². The fourth-order valence-corrected chi connectivity index (χ4v) is 3.67. The van der Waals surface area contributed by atoms with E-state index < -0.39 is 0 Å². The van der Waals surface area contributed by atoms with E-state index in [1.165, 1.54) is 22.2 Å². The molecule has 0 unspecified atom stereocenters. The van der Waals surface area contributed by atoms with Crippen LogP contribution in [-0.2, 0) is 30.8 Å². The number of aryl methyl sites for hydroxylation is 1. The predicted octanol–water partition coefficient (Wildman–Crippen LogP) is 0.654. The second-order valence-corrected chi connectivity index (χ2v) is 6.56. The molecule has 0 spiro atoms. The van der Waals surface area contributed by atoms with Gasteiger partial charge in [0.05, 0.1) is 18.3 Å². The number of carbonyl (C=O) groups excluding carboxylic acids is 1. The average molecular weight is 344 g/mol. The number of rotatable bonds is 3. The van der Waals surface area contributed by atoms with Gasteiger partial charge in [-0.3, -0.25) is 14.2 Å². The fourth-order valence-electron chi connectivity index (χ4n) is 2.94. The Morgan fingerprint density at radius 2 is 2.21 bits per heavy atom. The highest BCUT2D eigenvalue weighted by Crippen LogP contribution is 2.15. The van der Waals surface area contributed by atoms with Crippen molar-refractivity contribution in [2.24, 2.45) is 0 Å². The number of thiophene rings is 1. The molecule has 9 heteroatoms. The minimum Gasteiger partial charge on any atom is -0.332 e. The molecule has 0 aromatic carbocycles. The Morgan fingerprint density at radius 3 is 3.04 bits per heavy atom. The van der Waals surface area contributed by atoms with Crippen LogP contribution in [0.3, 0.4) is 0 Å². The number of amides is 1. The van der Waals surface area contributed by atoms with E-state index in [0.717, 1.165) is 18.1 Å². The topological polar surface area (TPSA) is 85.9 Å². The second kappa shape index (κ2) is 5.82. The maximum Gasteiger partial charge on any atom is 0.262 e. The van der Waals surface area contributed by atoms with Gasteiger partial charge in [-0.1, -0.05) is 6.92 Å². The van der Waals surface area contributed by atoms with Crippen LogP contribution in [0.15, 0.2) is 22.6 Å². The van der Waals surface area contributed by atoms with Gasteiger partial charge < -0.3 is 9.47 Å². The van der Waals surface area contributed by atoms with Crippen LogP contribution in [-0.4, -0.2) is 41.7 Å². The summed E-state index contributed by atoms with van der Waals surface area (Å²) in [7, 11) is 0. The van der Waals surface area contributed by atoms with Crippen molar-refractivity contribution >= 4 is 27.5 Å². The zero-order valence-corrected chi connectivity index (χ0v) is 14.0. The molecule has 0 atom stereocenters. The highest BCUT2D eigenvalue weighted by Gasteiger charge is 2.24. The lowest BCUT2D eigenvalue weighted by atomic mass is 10.3. The molecule has 8 nitrogen and oxygen atoms in total. The summed E-state index contributed by atoms with van der Waals surface area (Å²) >= 11 is 1.42. The normalized spacial score (nSPS) is 14.1. The van der Waals surface area contributed by atoms with Crippen molar-refractivity contribution in [3.8, 4) is 0 Å². The van der Waals surface area contributed by atoms with Gasteiger partial charge in [-0.15, -0.1) is 21.5 Å². The van der Waals surface area contributed by atoms with Crippen molar-refractivity contribution < 1.29 is 4.79 Å². The van der Waals surface area contributed by atoms with Crippen LogP contribution in [0.1, 0.15) is 18.6 Å². The molecule has 124 valence electrons. The maximum absolute atomic E-state index is 12.6. The first-order chi connectivity index (χ1) is 11.7. The largest absolute Gasteiger partial charge is 0.332 e.